The van der Waals surface area contributed by atoms with Gasteiger partial charge in [0.25, 0.3) is 5.91 Å². The van der Waals surface area contributed by atoms with Gasteiger partial charge in [0.1, 0.15) is 11.6 Å². The second kappa shape index (κ2) is 10.7. The van der Waals surface area contributed by atoms with E-state index in [1.54, 1.807) is 15.9 Å². The monoisotopic (exact) mass is 555 g/mol. The number of ether oxygens (including phenoxy) is 1. The average Bonchev–Trinajstić information content (AvgIpc) is 3.23. The maximum Gasteiger partial charge on any atom is 0.253 e. The third-order valence-electron chi connectivity index (χ3n) is 8.98. The van der Waals surface area contributed by atoms with E-state index in [2.05, 4.69) is 0 Å². The van der Waals surface area contributed by atoms with E-state index in [0.717, 1.165) is 12.0 Å². The summed E-state index contributed by atoms with van der Waals surface area (Å²) < 4.78 is 6.72. The number of aliphatic hydroxyl groups excluding tert-OH is 1. The van der Waals surface area contributed by atoms with Crippen molar-refractivity contribution in [3.63, 3.8) is 0 Å². The number of nitrogens with zero attached hydrogens (tertiary/aromatic N) is 3. The summed E-state index contributed by atoms with van der Waals surface area (Å²) in [5.41, 5.74) is 0.0750. The van der Waals surface area contributed by atoms with Crippen LogP contribution in [0.15, 0.2) is 42.5 Å². The lowest BCUT2D eigenvalue weighted by atomic mass is 9.77. The van der Waals surface area contributed by atoms with Gasteiger partial charge in [-0.15, -0.1) is 0 Å². The first-order valence-corrected chi connectivity index (χ1v) is 14.4. The maximum atomic E-state index is 14.6. The van der Waals surface area contributed by atoms with E-state index < -0.39 is 35.6 Å². The van der Waals surface area contributed by atoms with Crippen LogP contribution in [-0.4, -0.2) is 82.7 Å². The van der Waals surface area contributed by atoms with Crippen molar-refractivity contribution in [2.45, 2.75) is 64.3 Å². The van der Waals surface area contributed by atoms with Crippen molar-refractivity contribution < 1.29 is 24.2 Å². The molecule has 8 nitrogen and oxygen atoms in total. The number of anilines is 1. The Kier molecular flexibility index (Phi) is 7.65. The van der Waals surface area contributed by atoms with Crippen LogP contribution in [0.1, 0.15) is 39.2 Å². The van der Waals surface area contributed by atoms with Crippen LogP contribution < -0.4 is 4.90 Å². The SMILES string of the molecule is CCCN1CC=C[C@H]2O[C@]34C=CCN(c5c(C)cccc5Cl)C(=O)C3N([C@@H](CO)[C@@H](C)CC)C(=O)[C@@H]4[C@H]2C1=O. The van der Waals surface area contributed by atoms with Crippen molar-refractivity contribution in [2.75, 3.05) is 31.1 Å². The number of fused-ring (bicyclic) bond motifs is 2. The summed E-state index contributed by atoms with van der Waals surface area (Å²) in [5.74, 6) is -2.49. The molecule has 2 fully saturated rings. The van der Waals surface area contributed by atoms with E-state index in [-0.39, 0.29) is 36.8 Å². The number of hydrogen-bond donors (Lipinski definition) is 1. The molecule has 9 heteroatoms. The van der Waals surface area contributed by atoms with Crippen molar-refractivity contribution in [1.82, 2.24) is 9.80 Å². The van der Waals surface area contributed by atoms with Crippen molar-refractivity contribution in [1.29, 1.82) is 0 Å². The van der Waals surface area contributed by atoms with Crippen molar-refractivity contribution in [3.8, 4) is 0 Å². The Morgan fingerprint density at radius 1 is 1.13 bits per heavy atom. The minimum Gasteiger partial charge on any atom is -0.394 e. The standard InChI is InChI=1S/C30H38ClN3O5/c1-5-14-32-15-8-12-22-23(27(32)36)24-28(37)34(21(17-35)18(3)6-2)26-29(38)33(16-9-13-30(24,26)39-22)25-19(4)10-7-11-20(25)31/h7-13,18,21-24,26,35H,5-6,14-17H2,1-4H3/t18-,21-,22+,23-,24-,26?,30-/m0/s1. The zero-order valence-electron chi connectivity index (χ0n) is 23.0. The van der Waals surface area contributed by atoms with E-state index in [9.17, 15) is 19.5 Å². The molecule has 1 aromatic rings. The van der Waals surface area contributed by atoms with Gasteiger partial charge in [0.2, 0.25) is 11.8 Å². The van der Waals surface area contributed by atoms with Crippen LogP contribution in [0.2, 0.25) is 5.02 Å². The third-order valence-corrected chi connectivity index (χ3v) is 9.28. The van der Waals surface area contributed by atoms with E-state index in [1.807, 2.05) is 64.1 Å². The summed E-state index contributed by atoms with van der Waals surface area (Å²) in [6, 6.07) is 3.81. The van der Waals surface area contributed by atoms with Gasteiger partial charge >= 0.3 is 0 Å². The summed E-state index contributed by atoms with van der Waals surface area (Å²) in [5, 5.41) is 11.0. The molecule has 2 saturated heterocycles. The predicted octanol–water partition coefficient (Wildman–Crippen LogP) is 3.35. The highest BCUT2D eigenvalue weighted by molar-refractivity contribution is 6.34. The number of hydrogen-bond acceptors (Lipinski definition) is 5. The van der Waals surface area contributed by atoms with E-state index in [4.69, 9.17) is 16.3 Å². The summed E-state index contributed by atoms with van der Waals surface area (Å²) in [6.07, 6.45) is 8.35. The fourth-order valence-electron chi connectivity index (χ4n) is 6.94. The van der Waals surface area contributed by atoms with Gasteiger partial charge in [-0.2, -0.15) is 0 Å². The maximum absolute atomic E-state index is 14.6. The van der Waals surface area contributed by atoms with E-state index in [0.29, 0.717) is 30.2 Å². The Labute approximate surface area is 235 Å². The first-order chi connectivity index (χ1) is 18.7. The molecule has 1 N–H and O–H groups in total. The predicted molar refractivity (Wildman–Crippen MR) is 149 cm³/mol. The van der Waals surface area contributed by atoms with Gasteiger partial charge in [0.05, 0.1) is 41.3 Å². The minimum atomic E-state index is -1.34. The summed E-state index contributed by atoms with van der Waals surface area (Å²) in [4.78, 5) is 48.0. The second-order valence-corrected chi connectivity index (χ2v) is 11.6. The lowest BCUT2D eigenvalue weighted by molar-refractivity contribution is -0.148. The number of carbonyl (C=O) groups excluding carboxylic acids is 3. The molecule has 1 unspecified atom stereocenters. The van der Waals surface area contributed by atoms with Crippen LogP contribution in [0.3, 0.4) is 0 Å². The highest BCUT2D eigenvalue weighted by Crippen LogP contribution is 2.54. The van der Waals surface area contributed by atoms with E-state index >= 15 is 0 Å². The van der Waals surface area contributed by atoms with Gasteiger partial charge in [-0.1, -0.05) is 75.2 Å². The first kappa shape index (κ1) is 27.9. The first-order valence-electron chi connectivity index (χ1n) is 14.0. The Balaban J connectivity index is 1.67. The summed E-state index contributed by atoms with van der Waals surface area (Å²) in [7, 11) is 0. The molecule has 4 aliphatic rings. The van der Waals surface area contributed by atoms with Crippen LogP contribution >= 0.6 is 11.6 Å². The van der Waals surface area contributed by atoms with Crippen LogP contribution in [0.25, 0.3) is 0 Å². The molecule has 1 aromatic carbocycles. The largest absolute Gasteiger partial charge is 0.394 e. The topological polar surface area (TPSA) is 90.4 Å². The number of carbonyl (C=O) groups is 3. The molecule has 3 amide bonds. The zero-order valence-corrected chi connectivity index (χ0v) is 23.8. The fraction of sp³-hybridized carbons (Fsp3) is 0.567. The molecular formula is C30H38ClN3O5. The van der Waals surface area contributed by atoms with E-state index in [1.165, 1.54) is 4.90 Å². The van der Waals surface area contributed by atoms with Gasteiger partial charge in [-0.25, -0.2) is 0 Å². The van der Waals surface area contributed by atoms with Crippen molar-refractivity contribution in [3.05, 3.63) is 53.1 Å². The van der Waals surface area contributed by atoms with Crippen LogP contribution in [0.4, 0.5) is 5.69 Å². The summed E-state index contributed by atoms with van der Waals surface area (Å²) >= 11 is 6.62. The Hall–Kier alpha value is -2.68. The van der Waals surface area contributed by atoms with Crippen molar-refractivity contribution in [2.24, 2.45) is 17.8 Å². The van der Waals surface area contributed by atoms with Crippen molar-refractivity contribution >= 4 is 35.0 Å². The van der Waals surface area contributed by atoms with Crippen LogP contribution in [0.5, 0.6) is 0 Å². The molecule has 1 spiro atoms. The number of amides is 3. The van der Waals surface area contributed by atoms with Gasteiger partial charge in [0.15, 0.2) is 0 Å². The van der Waals surface area contributed by atoms with Gasteiger partial charge < -0.3 is 24.5 Å². The molecule has 0 radical (unpaired) electrons. The Bertz CT molecular complexity index is 1200. The number of rotatable bonds is 7. The molecule has 4 heterocycles. The number of likely N-dealkylation sites (tertiary alicyclic amines) is 1. The van der Waals surface area contributed by atoms with Gasteiger partial charge in [-0.05, 0) is 30.9 Å². The Morgan fingerprint density at radius 2 is 1.90 bits per heavy atom. The molecule has 7 atom stereocenters. The molecule has 0 bridgehead atoms. The Morgan fingerprint density at radius 3 is 2.56 bits per heavy atom. The molecule has 0 aromatic heterocycles. The smallest absolute Gasteiger partial charge is 0.253 e. The minimum absolute atomic E-state index is 0.0810. The van der Waals surface area contributed by atoms with Gasteiger partial charge in [0, 0.05) is 19.6 Å². The number of aliphatic hydroxyl groups is 1. The van der Waals surface area contributed by atoms with Crippen LogP contribution in [0, 0.1) is 24.7 Å². The lowest BCUT2D eigenvalue weighted by Gasteiger charge is -2.40. The molecule has 4 aliphatic heterocycles. The third kappa shape index (κ3) is 4.23. The zero-order chi connectivity index (χ0) is 28.1. The quantitative estimate of drug-likeness (QED) is 0.521. The number of aryl methyl sites for hydroxylation is 1. The molecule has 210 valence electrons. The number of benzene rings is 1. The van der Waals surface area contributed by atoms with Crippen LogP contribution in [-0.2, 0) is 19.1 Å². The van der Waals surface area contributed by atoms with Gasteiger partial charge in [-0.3, -0.25) is 14.4 Å². The fourth-order valence-corrected chi connectivity index (χ4v) is 7.26. The molecule has 0 aliphatic carbocycles. The molecule has 5 rings (SSSR count). The summed E-state index contributed by atoms with van der Waals surface area (Å²) in [6.45, 7) is 8.85. The molecule has 39 heavy (non-hydrogen) atoms. The highest BCUT2D eigenvalue weighted by atomic mass is 35.5. The number of para-hydroxylation sites is 1. The highest BCUT2D eigenvalue weighted by Gasteiger charge is 2.72. The molecule has 0 saturated carbocycles. The normalized spacial score (nSPS) is 31.6. The molecular weight excluding hydrogens is 518 g/mol. The number of halogens is 1. The second-order valence-electron chi connectivity index (χ2n) is 11.2. The lowest BCUT2D eigenvalue weighted by Crippen LogP contribution is -2.59. The average molecular weight is 556 g/mol.